The normalized spacial score (nSPS) is 13.8. The maximum Gasteiger partial charge on any atom is 0.435 e. The van der Waals surface area contributed by atoms with Crippen LogP contribution in [0.3, 0.4) is 0 Å². The van der Waals surface area contributed by atoms with Crippen molar-refractivity contribution >= 4 is 13.1 Å². The first-order valence-corrected chi connectivity index (χ1v) is 5.29. The van der Waals surface area contributed by atoms with Gasteiger partial charge in [-0.15, -0.1) is 0 Å². The Kier molecular flexibility index (Phi) is 3.83. The van der Waals surface area contributed by atoms with Crippen molar-refractivity contribution in [2.45, 2.75) is 45.1 Å². The standard InChI is InChI=1S/C10H15BF3N2O2/c1-8(2,17)9(3,4)18-11-7-5-6(15-16-7)10(12,13)14/h5,17H,1-4H3,(H,15,16). The summed E-state index contributed by atoms with van der Waals surface area (Å²) in [6.07, 6.45) is -4.49. The Balaban J connectivity index is 2.68. The molecule has 0 atom stereocenters. The average Bonchev–Trinajstić information content (AvgIpc) is 2.60. The highest BCUT2D eigenvalue weighted by atomic mass is 19.4. The van der Waals surface area contributed by atoms with Gasteiger partial charge in [-0.3, -0.25) is 5.10 Å². The lowest BCUT2D eigenvalue weighted by molar-refractivity contribution is -0.141. The summed E-state index contributed by atoms with van der Waals surface area (Å²) in [6, 6.07) is 0.834. The molecule has 101 valence electrons. The van der Waals surface area contributed by atoms with Gasteiger partial charge in [-0.1, -0.05) is 0 Å². The molecule has 0 saturated heterocycles. The quantitative estimate of drug-likeness (QED) is 0.803. The molecule has 0 spiro atoms. The highest BCUT2D eigenvalue weighted by molar-refractivity contribution is 6.45. The first kappa shape index (κ1) is 15.0. The van der Waals surface area contributed by atoms with Gasteiger partial charge in [-0.05, 0) is 33.8 Å². The largest absolute Gasteiger partial charge is 0.435 e. The monoisotopic (exact) mass is 263 g/mol. The zero-order valence-electron chi connectivity index (χ0n) is 10.6. The molecule has 0 bridgehead atoms. The van der Waals surface area contributed by atoms with E-state index in [4.69, 9.17) is 4.65 Å². The second-order valence-electron chi connectivity index (χ2n) is 5.01. The first-order valence-electron chi connectivity index (χ1n) is 5.29. The second-order valence-corrected chi connectivity index (χ2v) is 5.01. The van der Waals surface area contributed by atoms with Crippen LogP contribution in [0, 0.1) is 0 Å². The lowest BCUT2D eigenvalue weighted by Gasteiger charge is -2.37. The maximum absolute atomic E-state index is 12.3. The number of hydrogen-bond acceptors (Lipinski definition) is 3. The molecule has 0 aliphatic heterocycles. The lowest BCUT2D eigenvalue weighted by Crippen LogP contribution is -2.49. The summed E-state index contributed by atoms with van der Waals surface area (Å²) in [6.45, 7) is 6.36. The Morgan fingerprint density at radius 2 is 1.83 bits per heavy atom. The van der Waals surface area contributed by atoms with Crippen LogP contribution in [0.15, 0.2) is 6.07 Å². The molecule has 1 aromatic heterocycles. The van der Waals surface area contributed by atoms with E-state index in [9.17, 15) is 18.3 Å². The molecule has 0 aliphatic carbocycles. The number of nitrogens with zero attached hydrogens (tertiary/aromatic N) is 1. The van der Waals surface area contributed by atoms with E-state index >= 15 is 0 Å². The number of rotatable bonds is 4. The van der Waals surface area contributed by atoms with E-state index in [1.165, 1.54) is 0 Å². The molecule has 1 aromatic rings. The molecular formula is C10H15BF3N2O2. The Morgan fingerprint density at radius 3 is 2.22 bits per heavy atom. The van der Waals surface area contributed by atoms with Crippen molar-refractivity contribution in [1.29, 1.82) is 0 Å². The third-order valence-corrected chi connectivity index (χ3v) is 2.84. The zero-order valence-corrected chi connectivity index (χ0v) is 10.6. The summed E-state index contributed by atoms with van der Waals surface area (Å²) in [5.41, 5.74) is -3.02. The molecule has 4 nitrogen and oxygen atoms in total. The number of aromatic amines is 1. The summed E-state index contributed by atoms with van der Waals surface area (Å²) < 4.78 is 42.2. The number of hydrogen-bond donors (Lipinski definition) is 2. The van der Waals surface area contributed by atoms with Gasteiger partial charge in [0.15, 0.2) is 5.69 Å². The summed E-state index contributed by atoms with van der Waals surface area (Å²) in [5.74, 6) is 0. The highest BCUT2D eigenvalue weighted by Crippen LogP contribution is 2.27. The minimum absolute atomic E-state index is 0.0830. The van der Waals surface area contributed by atoms with E-state index in [-0.39, 0.29) is 5.59 Å². The predicted molar refractivity (Wildman–Crippen MR) is 60.4 cm³/mol. The minimum atomic E-state index is -4.49. The molecule has 0 unspecified atom stereocenters. The molecular weight excluding hydrogens is 248 g/mol. The molecule has 1 heterocycles. The molecule has 1 rings (SSSR count). The number of aromatic nitrogens is 2. The first-order chi connectivity index (χ1) is 7.93. The van der Waals surface area contributed by atoms with Crippen LogP contribution < -0.4 is 5.59 Å². The molecule has 0 aromatic carbocycles. The number of aliphatic hydroxyl groups is 1. The van der Waals surface area contributed by atoms with Crippen LogP contribution in [0.1, 0.15) is 33.4 Å². The van der Waals surface area contributed by atoms with Crippen LogP contribution in [0.5, 0.6) is 0 Å². The molecule has 2 N–H and O–H groups in total. The summed E-state index contributed by atoms with van der Waals surface area (Å²) >= 11 is 0. The molecule has 0 fully saturated rings. The minimum Gasteiger partial charge on any atom is -0.425 e. The number of alkyl halides is 3. The molecule has 0 saturated carbocycles. The SMILES string of the molecule is CC(C)(O)C(C)(C)O[B]c1cc(C(F)(F)F)n[nH]1. The fourth-order valence-electron chi connectivity index (χ4n) is 0.897. The summed E-state index contributed by atoms with van der Waals surface area (Å²) in [5, 5.41) is 15.1. The van der Waals surface area contributed by atoms with Crippen molar-refractivity contribution in [2.24, 2.45) is 0 Å². The van der Waals surface area contributed by atoms with Crippen molar-refractivity contribution in [3.05, 3.63) is 11.8 Å². The molecule has 0 aliphatic rings. The van der Waals surface area contributed by atoms with E-state index in [0.29, 0.717) is 0 Å². The summed E-state index contributed by atoms with van der Waals surface area (Å²) in [7, 11) is 1.11. The van der Waals surface area contributed by atoms with Gasteiger partial charge in [0.05, 0.1) is 11.2 Å². The van der Waals surface area contributed by atoms with Crippen molar-refractivity contribution in [3.8, 4) is 0 Å². The van der Waals surface area contributed by atoms with Crippen molar-refractivity contribution in [3.63, 3.8) is 0 Å². The average molecular weight is 263 g/mol. The molecule has 1 radical (unpaired) electrons. The van der Waals surface area contributed by atoms with Gasteiger partial charge in [0.25, 0.3) is 0 Å². The molecule has 18 heavy (non-hydrogen) atoms. The van der Waals surface area contributed by atoms with Crippen LogP contribution in [0.4, 0.5) is 13.2 Å². The Bertz CT molecular complexity index is 410. The highest BCUT2D eigenvalue weighted by Gasteiger charge is 2.37. The van der Waals surface area contributed by atoms with Crippen molar-refractivity contribution in [1.82, 2.24) is 10.2 Å². The maximum atomic E-state index is 12.3. The topological polar surface area (TPSA) is 58.1 Å². The van der Waals surface area contributed by atoms with Gasteiger partial charge in [0.2, 0.25) is 0 Å². The van der Waals surface area contributed by atoms with Crippen LogP contribution >= 0.6 is 0 Å². The fourth-order valence-corrected chi connectivity index (χ4v) is 0.897. The number of halogens is 3. The molecule has 0 amide bonds. The van der Waals surface area contributed by atoms with Crippen molar-refractivity contribution in [2.75, 3.05) is 0 Å². The second kappa shape index (κ2) is 4.58. The van der Waals surface area contributed by atoms with E-state index < -0.39 is 23.1 Å². The van der Waals surface area contributed by atoms with Gasteiger partial charge in [0, 0.05) is 5.59 Å². The lowest BCUT2D eigenvalue weighted by atomic mass is 9.85. The van der Waals surface area contributed by atoms with Crippen molar-refractivity contribution < 1.29 is 22.9 Å². The number of H-pyrrole nitrogens is 1. The molecule has 8 heteroatoms. The predicted octanol–water partition coefficient (Wildman–Crippen LogP) is 1.24. The van der Waals surface area contributed by atoms with Gasteiger partial charge >= 0.3 is 13.7 Å². The fraction of sp³-hybridized carbons (Fsp3) is 0.700. The third-order valence-electron chi connectivity index (χ3n) is 2.84. The van der Waals surface area contributed by atoms with Gasteiger partial charge in [-0.25, -0.2) is 0 Å². The smallest absolute Gasteiger partial charge is 0.425 e. The van der Waals surface area contributed by atoms with Gasteiger partial charge < -0.3 is 9.76 Å². The van der Waals surface area contributed by atoms with Crippen LogP contribution in [0.25, 0.3) is 0 Å². The third kappa shape index (κ3) is 3.49. The van der Waals surface area contributed by atoms with E-state index in [0.717, 1.165) is 13.5 Å². The van der Waals surface area contributed by atoms with E-state index in [1.54, 1.807) is 27.7 Å². The van der Waals surface area contributed by atoms with Crippen LogP contribution in [-0.2, 0) is 10.8 Å². The van der Waals surface area contributed by atoms with E-state index in [1.807, 2.05) is 0 Å². The van der Waals surface area contributed by atoms with Gasteiger partial charge in [0.1, 0.15) is 0 Å². The Hall–Kier alpha value is -1.02. The van der Waals surface area contributed by atoms with Crippen LogP contribution in [0.2, 0.25) is 0 Å². The zero-order chi connectivity index (χ0) is 14.2. The summed E-state index contributed by atoms with van der Waals surface area (Å²) in [4.78, 5) is 0. The Morgan fingerprint density at radius 1 is 1.28 bits per heavy atom. The Labute approximate surface area is 104 Å². The van der Waals surface area contributed by atoms with Gasteiger partial charge in [-0.2, -0.15) is 18.3 Å². The van der Waals surface area contributed by atoms with Crippen LogP contribution in [-0.4, -0.2) is 34.0 Å². The van der Waals surface area contributed by atoms with E-state index in [2.05, 4.69) is 10.2 Å². The number of nitrogens with one attached hydrogen (secondary N) is 1.